The van der Waals surface area contributed by atoms with Crippen LogP contribution in [0.5, 0.6) is 0 Å². The Morgan fingerprint density at radius 3 is 2.50 bits per heavy atom. The number of imidazole rings is 1. The molecule has 0 radical (unpaired) electrons. The minimum absolute atomic E-state index is 0.0261. The number of esters is 1. The molecule has 1 fully saturated rings. The molecule has 0 bridgehead atoms. The summed E-state index contributed by atoms with van der Waals surface area (Å²) in [6.07, 6.45) is 7.93. The zero-order chi connectivity index (χ0) is 22.7. The summed E-state index contributed by atoms with van der Waals surface area (Å²) in [5.41, 5.74) is -0.0865. The number of ether oxygens (including phenoxy) is 1. The number of amides is 2. The lowest BCUT2D eigenvalue weighted by molar-refractivity contribution is -0.134. The summed E-state index contributed by atoms with van der Waals surface area (Å²) in [5, 5.41) is 3.22. The van der Waals surface area contributed by atoms with Gasteiger partial charge >= 0.3 is 5.97 Å². The first-order valence-electron chi connectivity index (χ1n) is 11.2. The maximum atomic E-state index is 13.7. The van der Waals surface area contributed by atoms with Gasteiger partial charge in [-0.2, -0.15) is 0 Å². The molecule has 1 saturated carbocycles. The van der Waals surface area contributed by atoms with Crippen LogP contribution in [0.2, 0.25) is 0 Å². The summed E-state index contributed by atoms with van der Waals surface area (Å²) >= 11 is 0. The highest BCUT2D eigenvalue weighted by molar-refractivity contribution is 6.06. The van der Waals surface area contributed by atoms with Crippen molar-refractivity contribution in [2.45, 2.75) is 70.1 Å². The smallest absolute Gasteiger partial charge is 0.359 e. The van der Waals surface area contributed by atoms with Gasteiger partial charge in [-0.05, 0) is 25.3 Å². The monoisotopic (exact) mass is 438 g/mol. The number of rotatable bonds is 5. The van der Waals surface area contributed by atoms with Crippen LogP contribution in [0.25, 0.3) is 0 Å². The molecule has 1 aromatic heterocycles. The molecule has 1 N–H and O–H groups in total. The van der Waals surface area contributed by atoms with E-state index in [1.165, 1.54) is 26.3 Å². The second-order valence-electron chi connectivity index (χ2n) is 8.87. The highest BCUT2D eigenvalue weighted by Gasteiger charge is 2.49. The van der Waals surface area contributed by atoms with Gasteiger partial charge in [0.05, 0.1) is 20.0 Å². The highest BCUT2D eigenvalue weighted by Crippen LogP contribution is 2.31. The Morgan fingerprint density at radius 1 is 1.16 bits per heavy atom. The Bertz CT molecular complexity index is 995. The molecule has 1 atom stereocenters. The largest absolute Gasteiger partial charge is 0.464 e. The molecule has 32 heavy (non-hydrogen) atoms. The number of nitrogens with zero attached hydrogens (tertiary/aromatic N) is 3. The average molecular weight is 439 g/mol. The van der Waals surface area contributed by atoms with Crippen molar-refractivity contribution in [2.24, 2.45) is 0 Å². The minimum Gasteiger partial charge on any atom is -0.464 e. The fraction of sp³-hybridized carbons (Fsp3) is 0.500. The summed E-state index contributed by atoms with van der Waals surface area (Å²) in [4.78, 5) is 45.2. The first-order valence-corrected chi connectivity index (χ1v) is 11.2. The summed E-state index contributed by atoms with van der Waals surface area (Å²) < 4.78 is 6.41. The lowest BCUT2D eigenvalue weighted by atomic mass is 9.92. The van der Waals surface area contributed by atoms with E-state index in [0.717, 1.165) is 31.2 Å². The summed E-state index contributed by atoms with van der Waals surface area (Å²) in [7, 11) is 1.26. The molecule has 0 saturated heterocycles. The molecule has 1 aromatic carbocycles. The molecule has 2 aromatic rings. The van der Waals surface area contributed by atoms with Gasteiger partial charge in [-0.1, -0.05) is 56.0 Å². The van der Waals surface area contributed by atoms with Crippen molar-refractivity contribution >= 4 is 17.8 Å². The van der Waals surface area contributed by atoms with Crippen LogP contribution in [0, 0.1) is 0 Å². The van der Waals surface area contributed by atoms with Crippen LogP contribution in [0.4, 0.5) is 0 Å². The zero-order valence-corrected chi connectivity index (χ0v) is 18.7. The van der Waals surface area contributed by atoms with Crippen LogP contribution in [0.3, 0.4) is 0 Å². The van der Waals surface area contributed by atoms with E-state index >= 15 is 0 Å². The number of hydrogen-bond donors (Lipinski definition) is 1. The van der Waals surface area contributed by atoms with Crippen molar-refractivity contribution in [3.8, 4) is 0 Å². The summed E-state index contributed by atoms with van der Waals surface area (Å²) in [6, 6.07) is 9.66. The van der Waals surface area contributed by atoms with Gasteiger partial charge in [-0.15, -0.1) is 0 Å². The lowest BCUT2D eigenvalue weighted by Crippen LogP contribution is -2.64. The van der Waals surface area contributed by atoms with Crippen molar-refractivity contribution in [1.82, 2.24) is 19.8 Å². The Hall–Kier alpha value is -3.16. The van der Waals surface area contributed by atoms with E-state index in [1.807, 2.05) is 30.3 Å². The van der Waals surface area contributed by atoms with Gasteiger partial charge in [0, 0.05) is 12.6 Å². The fourth-order valence-corrected chi connectivity index (χ4v) is 4.71. The highest BCUT2D eigenvalue weighted by atomic mass is 16.5. The Morgan fingerprint density at radius 2 is 1.84 bits per heavy atom. The maximum Gasteiger partial charge on any atom is 0.359 e. The second kappa shape index (κ2) is 9.14. The fourth-order valence-electron chi connectivity index (χ4n) is 4.71. The molecule has 2 aliphatic rings. The number of hydrogen-bond acceptors (Lipinski definition) is 5. The molecular weight excluding hydrogens is 408 g/mol. The number of nitrogens with one attached hydrogen (secondary N) is 1. The molecule has 170 valence electrons. The molecule has 2 amide bonds. The van der Waals surface area contributed by atoms with E-state index in [9.17, 15) is 14.4 Å². The van der Waals surface area contributed by atoms with E-state index in [2.05, 4.69) is 10.3 Å². The van der Waals surface area contributed by atoms with E-state index in [1.54, 1.807) is 16.4 Å². The average Bonchev–Trinajstić information content (AvgIpc) is 3.04. The second-order valence-corrected chi connectivity index (χ2v) is 8.87. The third kappa shape index (κ3) is 4.13. The number of fused-ring (bicyclic) bond motifs is 1. The molecule has 1 aliphatic heterocycles. The van der Waals surface area contributed by atoms with Gasteiger partial charge in [-0.3, -0.25) is 9.59 Å². The van der Waals surface area contributed by atoms with E-state index < -0.39 is 17.4 Å². The minimum atomic E-state index is -1.12. The van der Waals surface area contributed by atoms with Gasteiger partial charge in [0.15, 0.2) is 5.69 Å². The van der Waals surface area contributed by atoms with Crippen molar-refractivity contribution in [2.75, 3.05) is 7.11 Å². The van der Waals surface area contributed by atoms with Crippen LogP contribution in [-0.4, -0.2) is 50.9 Å². The van der Waals surface area contributed by atoms with Crippen LogP contribution >= 0.6 is 0 Å². The number of carbonyl (C=O) groups excluding carboxylic acids is 3. The van der Waals surface area contributed by atoms with Gasteiger partial charge < -0.3 is 19.5 Å². The predicted molar refractivity (Wildman–Crippen MR) is 118 cm³/mol. The third-order valence-corrected chi connectivity index (χ3v) is 6.60. The number of methoxy groups -OCH3 is 1. The molecule has 4 rings (SSSR count). The van der Waals surface area contributed by atoms with E-state index in [-0.39, 0.29) is 36.4 Å². The molecule has 1 aliphatic carbocycles. The number of benzene rings is 1. The molecule has 0 unspecified atom stereocenters. The van der Waals surface area contributed by atoms with Crippen LogP contribution < -0.4 is 5.32 Å². The van der Waals surface area contributed by atoms with Gasteiger partial charge in [-0.25, -0.2) is 9.78 Å². The van der Waals surface area contributed by atoms with Crippen LogP contribution in [0.1, 0.15) is 72.0 Å². The normalized spacial score (nSPS) is 21.6. The van der Waals surface area contributed by atoms with E-state index in [4.69, 9.17) is 4.74 Å². The third-order valence-electron chi connectivity index (χ3n) is 6.60. The van der Waals surface area contributed by atoms with Crippen molar-refractivity contribution in [1.29, 1.82) is 0 Å². The summed E-state index contributed by atoms with van der Waals surface area (Å²) in [5.74, 6) is -1.25. The summed E-state index contributed by atoms with van der Waals surface area (Å²) in [6.45, 7) is 2.25. The van der Waals surface area contributed by atoms with Crippen molar-refractivity contribution in [3.63, 3.8) is 0 Å². The van der Waals surface area contributed by atoms with Gasteiger partial charge in [0.25, 0.3) is 5.91 Å². The quantitative estimate of drug-likeness (QED) is 0.572. The Kier molecular flexibility index (Phi) is 6.30. The topological polar surface area (TPSA) is 93.5 Å². The van der Waals surface area contributed by atoms with E-state index in [0.29, 0.717) is 0 Å². The first-order chi connectivity index (χ1) is 15.4. The molecule has 0 spiro atoms. The Labute approximate surface area is 187 Å². The standard InChI is InChI=1S/C24H30N4O4/c1-24(23(31)26-18-12-8-3-4-9-13-18)15-27-16-25-19(22(30)32-2)20(27)21(29)28(24)14-17-10-6-5-7-11-17/h5-7,10-11,16,18H,3-4,8-9,12-15H2,1-2H3,(H,26,31)/t24-/m0/s1. The first kappa shape index (κ1) is 22.0. The number of carbonyl (C=O) groups is 3. The molecular formula is C24H30N4O4. The van der Waals surface area contributed by atoms with Gasteiger partial charge in [0.2, 0.25) is 5.91 Å². The number of aromatic nitrogens is 2. The van der Waals surface area contributed by atoms with Crippen molar-refractivity contribution in [3.05, 3.63) is 53.6 Å². The SMILES string of the molecule is COC(=O)c1ncn2c1C(=O)N(Cc1ccccc1)[C@](C)(C(=O)NC1CCCCCC1)C2. The molecule has 2 heterocycles. The maximum absolute atomic E-state index is 13.7. The van der Waals surface area contributed by atoms with Crippen LogP contribution in [0.15, 0.2) is 36.7 Å². The zero-order valence-electron chi connectivity index (χ0n) is 18.7. The van der Waals surface area contributed by atoms with Gasteiger partial charge in [0.1, 0.15) is 11.2 Å². The molecule has 8 nitrogen and oxygen atoms in total. The van der Waals surface area contributed by atoms with Crippen LogP contribution in [-0.2, 0) is 22.6 Å². The van der Waals surface area contributed by atoms with Crippen molar-refractivity contribution < 1.29 is 19.1 Å². The lowest BCUT2D eigenvalue weighted by Gasteiger charge is -2.44. The Balaban J connectivity index is 1.69. The molecule has 8 heteroatoms. The predicted octanol–water partition coefficient (Wildman–Crippen LogP) is 2.92.